The molecule has 3 N–H and O–H groups in total. The second kappa shape index (κ2) is 4.92. The molecule has 0 aromatic heterocycles. The fourth-order valence-electron chi connectivity index (χ4n) is 2.33. The number of carbonyl (C=O) groups is 1. The molecule has 2 rings (SSSR count). The number of primary amides is 1. The van der Waals surface area contributed by atoms with Crippen molar-refractivity contribution in [3.05, 3.63) is 0 Å². The van der Waals surface area contributed by atoms with E-state index in [2.05, 4.69) is 22.2 Å². The lowest BCUT2D eigenvalue weighted by Crippen LogP contribution is -2.62. The van der Waals surface area contributed by atoms with Gasteiger partial charge < -0.3 is 10.6 Å². The molecule has 1 heterocycles. The Morgan fingerprint density at radius 2 is 1.94 bits per heavy atom. The summed E-state index contributed by atoms with van der Waals surface area (Å²) in [5.74, 6) is -0.233. The zero-order valence-corrected chi connectivity index (χ0v) is 10.9. The average Bonchev–Trinajstić information content (AvgIpc) is 3.05. The van der Waals surface area contributed by atoms with Crippen molar-refractivity contribution in [3.8, 4) is 0 Å². The monoisotopic (exact) mass is 240 g/mol. The molecule has 1 saturated carbocycles. The largest absolute Gasteiger partial charge is 0.368 e. The summed E-state index contributed by atoms with van der Waals surface area (Å²) in [5, 5.41) is 3.40. The Bertz CT molecular complexity index is 284. The van der Waals surface area contributed by atoms with Crippen LogP contribution in [-0.2, 0) is 4.79 Å². The standard InChI is InChI=1S/C12H24N4O/c1-12(11(13)17,14-10-3-4-10)9-16-7-5-15(2)6-8-16/h10,14H,3-9H2,1-2H3,(H2,13,17). The number of amides is 1. The topological polar surface area (TPSA) is 61.6 Å². The van der Waals surface area contributed by atoms with Crippen LogP contribution in [0.3, 0.4) is 0 Å². The van der Waals surface area contributed by atoms with Gasteiger partial charge in [-0.3, -0.25) is 15.0 Å². The number of nitrogens with zero attached hydrogens (tertiary/aromatic N) is 2. The van der Waals surface area contributed by atoms with Crippen LogP contribution in [-0.4, -0.2) is 67.1 Å². The van der Waals surface area contributed by atoms with Crippen LogP contribution in [0.2, 0.25) is 0 Å². The summed E-state index contributed by atoms with van der Waals surface area (Å²) in [7, 11) is 2.13. The summed E-state index contributed by atoms with van der Waals surface area (Å²) in [6.45, 7) is 6.84. The molecule has 5 heteroatoms. The molecule has 2 aliphatic rings. The maximum absolute atomic E-state index is 11.6. The van der Waals surface area contributed by atoms with Gasteiger partial charge in [0.15, 0.2) is 0 Å². The van der Waals surface area contributed by atoms with Gasteiger partial charge in [0, 0.05) is 38.8 Å². The first-order chi connectivity index (χ1) is 7.99. The number of hydrogen-bond acceptors (Lipinski definition) is 4. The number of carbonyl (C=O) groups excluding carboxylic acids is 1. The summed E-state index contributed by atoms with van der Waals surface area (Å²) < 4.78 is 0. The Kier molecular flexibility index (Phi) is 3.70. The lowest BCUT2D eigenvalue weighted by atomic mass is 10.00. The molecule has 0 bridgehead atoms. The van der Waals surface area contributed by atoms with E-state index in [0.717, 1.165) is 32.7 Å². The van der Waals surface area contributed by atoms with Crippen molar-refractivity contribution >= 4 is 5.91 Å². The molecular weight excluding hydrogens is 216 g/mol. The van der Waals surface area contributed by atoms with E-state index in [1.165, 1.54) is 12.8 Å². The zero-order chi connectivity index (χ0) is 12.5. The number of likely N-dealkylation sites (N-methyl/N-ethyl adjacent to an activating group) is 1. The van der Waals surface area contributed by atoms with E-state index < -0.39 is 5.54 Å². The average molecular weight is 240 g/mol. The predicted molar refractivity (Wildman–Crippen MR) is 67.7 cm³/mol. The van der Waals surface area contributed by atoms with E-state index in [1.54, 1.807) is 0 Å². The van der Waals surface area contributed by atoms with Crippen LogP contribution in [0.15, 0.2) is 0 Å². The molecule has 1 saturated heterocycles. The molecule has 1 amide bonds. The van der Waals surface area contributed by atoms with E-state index >= 15 is 0 Å². The van der Waals surface area contributed by atoms with Crippen LogP contribution < -0.4 is 11.1 Å². The maximum atomic E-state index is 11.6. The summed E-state index contributed by atoms with van der Waals surface area (Å²) in [4.78, 5) is 16.3. The van der Waals surface area contributed by atoms with E-state index in [9.17, 15) is 4.79 Å². The molecule has 0 aromatic carbocycles. The van der Waals surface area contributed by atoms with Crippen LogP contribution in [0, 0.1) is 0 Å². The molecule has 17 heavy (non-hydrogen) atoms. The van der Waals surface area contributed by atoms with Gasteiger partial charge in [0.05, 0.1) is 0 Å². The van der Waals surface area contributed by atoms with Crippen LogP contribution in [0.25, 0.3) is 0 Å². The second-order valence-corrected chi connectivity index (χ2v) is 5.69. The molecule has 0 radical (unpaired) electrons. The molecule has 1 aliphatic heterocycles. The van der Waals surface area contributed by atoms with Crippen molar-refractivity contribution < 1.29 is 4.79 Å². The van der Waals surface area contributed by atoms with Crippen molar-refractivity contribution in [3.63, 3.8) is 0 Å². The van der Waals surface area contributed by atoms with E-state index in [0.29, 0.717) is 6.04 Å². The van der Waals surface area contributed by atoms with Gasteiger partial charge >= 0.3 is 0 Å². The van der Waals surface area contributed by atoms with Crippen LogP contribution in [0.4, 0.5) is 0 Å². The first-order valence-electron chi connectivity index (χ1n) is 6.48. The lowest BCUT2D eigenvalue weighted by Gasteiger charge is -2.38. The van der Waals surface area contributed by atoms with E-state index in [4.69, 9.17) is 5.73 Å². The van der Waals surface area contributed by atoms with Gasteiger partial charge in [-0.2, -0.15) is 0 Å². The van der Waals surface area contributed by atoms with Gasteiger partial charge in [-0.05, 0) is 26.8 Å². The highest BCUT2D eigenvalue weighted by atomic mass is 16.1. The number of hydrogen-bond donors (Lipinski definition) is 2. The van der Waals surface area contributed by atoms with Gasteiger partial charge in [-0.1, -0.05) is 0 Å². The lowest BCUT2D eigenvalue weighted by molar-refractivity contribution is -0.124. The number of nitrogens with two attached hydrogens (primary N) is 1. The van der Waals surface area contributed by atoms with Gasteiger partial charge in [0.2, 0.25) is 5.91 Å². The molecular formula is C12H24N4O. The van der Waals surface area contributed by atoms with Gasteiger partial charge in [-0.15, -0.1) is 0 Å². The fourth-order valence-corrected chi connectivity index (χ4v) is 2.33. The molecule has 1 unspecified atom stereocenters. The summed E-state index contributed by atoms with van der Waals surface area (Å²) in [5.41, 5.74) is 4.98. The van der Waals surface area contributed by atoms with Gasteiger partial charge in [-0.25, -0.2) is 0 Å². The van der Waals surface area contributed by atoms with Crippen molar-refractivity contribution in [1.82, 2.24) is 15.1 Å². The summed E-state index contributed by atoms with van der Waals surface area (Å²) in [6.07, 6.45) is 2.34. The Morgan fingerprint density at radius 1 is 1.35 bits per heavy atom. The van der Waals surface area contributed by atoms with E-state index in [1.807, 2.05) is 6.92 Å². The van der Waals surface area contributed by atoms with Crippen LogP contribution >= 0.6 is 0 Å². The Labute approximate surface area is 103 Å². The Morgan fingerprint density at radius 3 is 2.41 bits per heavy atom. The third-order valence-electron chi connectivity index (χ3n) is 3.78. The fraction of sp³-hybridized carbons (Fsp3) is 0.917. The number of rotatable bonds is 5. The molecule has 0 spiro atoms. The molecule has 1 aliphatic carbocycles. The highest BCUT2D eigenvalue weighted by Gasteiger charge is 2.38. The van der Waals surface area contributed by atoms with Crippen molar-refractivity contribution in [2.24, 2.45) is 5.73 Å². The van der Waals surface area contributed by atoms with E-state index in [-0.39, 0.29) is 5.91 Å². The SMILES string of the molecule is CN1CCN(CC(C)(NC2CC2)C(N)=O)CC1. The Hall–Kier alpha value is -0.650. The summed E-state index contributed by atoms with van der Waals surface area (Å²) >= 11 is 0. The smallest absolute Gasteiger partial charge is 0.238 e. The predicted octanol–water partition coefficient (Wildman–Crippen LogP) is -0.770. The molecule has 0 aromatic rings. The summed E-state index contributed by atoms with van der Waals surface area (Å²) in [6, 6.07) is 0.500. The van der Waals surface area contributed by atoms with Crippen molar-refractivity contribution in [2.45, 2.75) is 31.3 Å². The van der Waals surface area contributed by atoms with Crippen LogP contribution in [0.1, 0.15) is 19.8 Å². The number of piperazine rings is 1. The minimum Gasteiger partial charge on any atom is -0.368 e. The Balaban J connectivity index is 1.90. The second-order valence-electron chi connectivity index (χ2n) is 5.69. The third-order valence-corrected chi connectivity index (χ3v) is 3.78. The highest BCUT2D eigenvalue weighted by Crippen LogP contribution is 2.23. The van der Waals surface area contributed by atoms with Gasteiger partial charge in [0.1, 0.15) is 5.54 Å². The number of nitrogens with one attached hydrogen (secondary N) is 1. The maximum Gasteiger partial charge on any atom is 0.238 e. The van der Waals surface area contributed by atoms with Gasteiger partial charge in [0.25, 0.3) is 0 Å². The first kappa shape index (κ1) is 12.8. The van der Waals surface area contributed by atoms with Crippen molar-refractivity contribution in [1.29, 1.82) is 0 Å². The quantitative estimate of drug-likeness (QED) is 0.662. The third kappa shape index (κ3) is 3.40. The minimum atomic E-state index is -0.572. The zero-order valence-electron chi connectivity index (χ0n) is 10.9. The highest BCUT2D eigenvalue weighted by molar-refractivity contribution is 5.84. The molecule has 1 atom stereocenters. The first-order valence-corrected chi connectivity index (χ1v) is 6.48. The van der Waals surface area contributed by atoms with Crippen LogP contribution in [0.5, 0.6) is 0 Å². The molecule has 2 fully saturated rings. The minimum absolute atomic E-state index is 0.233. The normalized spacial score (nSPS) is 26.7. The molecule has 98 valence electrons. The van der Waals surface area contributed by atoms with Crippen molar-refractivity contribution in [2.75, 3.05) is 39.8 Å². The molecule has 5 nitrogen and oxygen atoms in total.